The molecule has 0 aromatic heterocycles. The molecule has 1 heterocycles. The van der Waals surface area contributed by atoms with Crippen molar-refractivity contribution in [1.82, 2.24) is 4.90 Å². The summed E-state index contributed by atoms with van der Waals surface area (Å²) in [6, 6.07) is 0. The van der Waals surface area contributed by atoms with Crippen LogP contribution in [-0.2, 0) is 4.74 Å². The number of carbonyl (C=O) groups is 1. The molecule has 1 N–H and O–H groups in total. The zero-order chi connectivity index (χ0) is 14.1. The topological polar surface area (TPSA) is 49.8 Å². The van der Waals surface area contributed by atoms with E-state index in [4.69, 9.17) is 4.74 Å². The molecule has 0 aliphatic carbocycles. The van der Waals surface area contributed by atoms with E-state index in [-0.39, 0.29) is 17.4 Å². The zero-order valence-electron chi connectivity index (χ0n) is 12.5. The maximum atomic E-state index is 11.9. The van der Waals surface area contributed by atoms with Gasteiger partial charge in [-0.05, 0) is 38.5 Å². The molecule has 4 heteroatoms. The number of amides is 1. The molecule has 1 fully saturated rings. The predicted octanol–water partition coefficient (Wildman–Crippen LogP) is 2.65. The third kappa shape index (κ3) is 4.16. The SMILES string of the molecule is CC(C)(C)OC(=O)N1CC[C@H](C(C)(C)C)[C@@H](O)C1. The first-order valence-electron chi connectivity index (χ1n) is 6.67. The number of hydrogen-bond acceptors (Lipinski definition) is 3. The fourth-order valence-corrected chi connectivity index (χ4v) is 2.43. The highest BCUT2D eigenvalue weighted by Gasteiger charge is 2.38. The summed E-state index contributed by atoms with van der Waals surface area (Å²) >= 11 is 0. The van der Waals surface area contributed by atoms with Crippen LogP contribution >= 0.6 is 0 Å². The molecular formula is C14H27NO3. The molecule has 1 saturated heterocycles. The Morgan fingerprint density at radius 1 is 1.22 bits per heavy atom. The molecule has 1 aliphatic heterocycles. The van der Waals surface area contributed by atoms with Gasteiger partial charge in [-0.15, -0.1) is 0 Å². The van der Waals surface area contributed by atoms with E-state index in [2.05, 4.69) is 20.8 Å². The molecule has 18 heavy (non-hydrogen) atoms. The van der Waals surface area contributed by atoms with Crippen molar-refractivity contribution >= 4 is 6.09 Å². The summed E-state index contributed by atoms with van der Waals surface area (Å²) in [5.74, 6) is 0.233. The average Bonchev–Trinajstić information content (AvgIpc) is 2.12. The van der Waals surface area contributed by atoms with E-state index in [1.54, 1.807) is 4.90 Å². The van der Waals surface area contributed by atoms with Crippen molar-refractivity contribution in [2.24, 2.45) is 11.3 Å². The largest absolute Gasteiger partial charge is 0.444 e. The second kappa shape index (κ2) is 5.08. The van der Waals surface area contributed by atoms with Gasteiger partial charge in [0.25, 0.3) is 0 Å². The average molecular weight is 257 g/mol. The first kappa shape index (κ1) is 15.3. The van der Waals surface area contributed by atoms with E-state index >= 15 is 0 Å². The Morgan fingerprint density at radius 3 is 2.17 bits per heavy atom. The van der Waals surface area contributed by atoms with Crippen LogP contribution in [-0.4, -0.2) is 40.9 Å². The lowest BCUT2D eigenvalue weighted by atomic mass is 9.74. The Balaban J connectivity index is 2.59. The number of carbonyl (C=O) groups excluding carboxylic acids is 1. The van der Waals surface area contributed by atoms with Crippen molar-refractivity contribution < 1.29 is 14.6 Å². The molecule has 0 radical (unpaired) electrons. The summed E-state index contributed by atoms with van der Waals surface area (Å²) in [4.78, 5) is 13.5. The van der Waals surface area contributed by atoms with Gasteiger partial charge in [-0.25, -0.2) is 4.79 Å². The summed E-state index contributed by atoms with van der Waals surface area (Å²) in [6.07, 6.45) is 0.0318. The number of aliphatic hydroxyl groups is 1. The number of β-amino-alcohol motifs (C(OH)–C–C–N with tert-alkyl or cyclic N) is 1. The van der Waals surface area contributed by atoms with Crippen LogP contribution in [0.5, 0.6) is 0 Å². The Hall–Kier alpha value is -0.770. The minimum atomic E-state index is -0.483. The first-order valence-corrected chi connectivity index (χ1v) is 6.67. The smallest absolute Gasteiger partial charge is 0.410 e. The Kier molecular flexibility index (Phi) is 4.31. The highest BCUT2D eigenvalue weighted by Crippen LogP contribution is 2.34. The van der Waals surface area contributed by atoms with Crippen molar-refractivity contribution in [1.29, 1.82) is 0 Å². The van der Waals surface area contributed by atoms with Crippen molar-refractivity contribution in [3.05, 3.63) is 0 Å². The Morgan fingerprint density at radius 2 is 1.78 bits per heavy atom. The van der Waals surface area contributed by atoms with Gasteiger partial charge in [-0.1, -0.05) is 20.8 Å². The van der Waals surface area contributed by atoms with Crippen LogP contribution in [0.1, 0.15) is 48.0 Å². The van der Waals surface area contributed by atoms with E-state index in [0.29, 0.717) is 13.1 Å². The molecule has 4 nitrogen and oxygen atoms in total. The monoisotopic (exact) mass is 257 g/mol. The van der Waals surface area contributed by atoms with E-state index in [1.165, 1.54) is 0 Å². The lowest BCUT2D eigenvalue weighted by molar-refractivity contribution is -0.0376. The van der Waals surface area contributed by atoms with Crippen LogP contribution in [0.15, 0.2) is 0 Å². The Labute approximate surface area is 110 Å². The first-order chi connectivity index (χ1) is 8.00. The number of rotatable bonds is 0. The molecule has 1 amide bonds. The van der Waals surface area contributed by atoms with Crippen molar-refractivity contribution in [2.75, 3.05) is 13.1 Å². The molecule has 106 valence electrons. The van der Waals surface area contributed by atoms with Gasteiger partial charge in [-0.3, -0.25) is 0 Å². The molecule has 2 atom stereocenters. The van der Waals surface area contributed by atoms with Gasteiger partial charge in [0.05, 0.1) is 12.6 Å². The fraction of sp³-hybridized carbons (Fsp3) is 0.929. The molecule has 0 aromatic rings. The Bertz CT molecular complexity index is 301. The maximum absolute atomic E-state index is 11.9. The zero-order valence-corrected chi connectivity index (χ0v) is 12.5. The van der Waals surface area contributed by atoms with E-state index in [1.807, 2.05) is 20.8 Å². The second-order valence-corrected chi connectivity index (χ2v) is 7.25. The van der Waals surface area contributed by atoms with Gasteiger partial charge in [0.2, 0.25) is 0 Å². The third-order valence-electron chi connectivity index (χ3n) is 3.35. The van der Waals surface area contributed by atoms with Crippen LogP contribution in [0.3, 0.4) is 0 Å². The van der Waals surface area contributed by atoms with E-state index in [9.17, 15) is 9.90 Å². The summed E-state index contributed by atoms with van der Waals surface area (Å²) < 4.78 is 5.32. The third-order valence-corrected chi connectivity index (χ3v) is 3.35. The molecule has 0 unspecified atom stereocenters. The van der Waals surface area contributed by atoms with E-state index < -0.39 is 11.7 Å². The second-order valence-electron chi connectivity index (χ2n) is 7.25. The molecule has 0 saturated carbocycles. The van der Waals surface area contributed by atoms with Crippen LogP contribution < -0.4 is 0 Å². The molecule has 1 aliphatic rings. The van der Waals surface area contributed by atoms with Gasteiger partial charge >= 0.3 is 6.09 Å². The van der Waals surface area contributed by atoms with Gasteiger partial charge in [0.15, 0.2) is 0 Å². The summed E-state index contributed by atoms with van der Waals surface area (Å²) in [5, 5.41) is 10.2. The van der Waals surface area contributed by atoms with Crippen molar-refractivity contribution in [3.8, 4) is 0 Å². The molecular weight excluding hydrogens is 230 g/mol. The van der Waals surface area contributed by atoms with Crippen LogP contribution in [0, 0.1) is 11.3 Å². The van der Waals surface area contributed by atoms with Gasteiger partial charge in [-0.2, -0.15) is 0 Å². The minimum Gasteiger partial charge on any atom is -0.444 e. The standard InChI is InChI=1S/C14H27NO3/c1-13(2,3)10-7-8-15(9-11(10)16)12(17)18-14(4,5)6/h10-11,16H,7-9H2,1-6H3/t10-,11-/m0/s1. The molecule has 0 bridgehead atoms. The fourth-order valence-electron chi connectivity index (χ4n) is 2.43. The van der Waals surface area contributed by atoms with Crippen LogP contribution in [0.4, 0.5) is 4.79 Å². The van der Waals surface area contributed by atoms with Gasteiger partial charge < -0.3 is 14.7 Å². The number of aliphatic hydroxyl groups excluding tert-OH is 1. The minimum absolute atomic E-state index is 0.0689. The maximum Gasteiger partial charge on any atom is 0.410 e. The van der Waals surface area contributed by atoms with E-state index in [0.717, 1.165) is 6.42 Å². The molecule has 0 spiro atoms. The predicted molar refractivity (Wildman–Crippen MR) is 71.4 cm³/mol. The molecule has 1 rings (SSSR count). The highest BCUT2D eigenvalue weighted by atomic mass is 16.6. The number of ether oxygens (including phenoxy) is 1. The van der Waals surface area contributed by atoms with Gasteiger partial charge in [0, 0.05) is 6.54 Å². The summed E-state index contributed by atoms with van der Waals surface area (Å²) in [7, 11) is 0. The highest BCUT2D eigenvalue weighted by molar-refractivity contribution is 5.68. The normalized spacial score (nSPS) is 26.1. The summed E-state index contributed by atoms with van der Waals surface area (Å²) in [6.45, 7) is 13.0. The van der Waals surface area contributed by atoms with Gasteiger partial charge in [0.1, 0.15) is 5.60 Å². The lowest BCUT2D eigenvalue weighted by Gasteiger charge is -2.42. The van der Waals surface area contributed by atoms with Crippen LogP contribution in [0.25, 0.3) is 0 Å². The lowest BCUT2D eigenvalue weighted by Crippen LogP contribution is -2.51. The number of piperidine rings is 1. The van der Waals surface area contributed by atoms with Crippen molar-refractivity contribution in [2.45, 2.75) is 59.7 Å². The molecule has 0 aromatic carbocycles. The number of likely N-dealkylation sites (tertiary alicyclic amines) is 1. The quantitative estimate of drug-likeness (QED) is 0.726. The number of hydrogen-bond donors (Lipinski definition) is 1. The summed E-state index contributed by atoms with van der Waals surface area (Å²) in [5.41, 5.74) is -0.414. The number of nitrogens with zero attached hydrogens (tertiary/aromatic N) is 1. The van der Waals surface area contributed by atoms with Crippen LogP contribution in [0.2, 0.25) is 0 Å². The van der Waals surface area contributed by atoms with Crippen molar-refractivity contribution in [3.63, 3.8) is 0 Å².